The predicted molar refractivity (Wildman–Crippen MR) is 93.6 cm³/mol. The first-order valence-corrected chi connectivity index (χ1v) is 9.07. The molecule has 0 aromatic carbocycles. The lowest BCUT2D eigenvalue weighted by Crippen LogP contribution is -2.31. The van der Waals surface area contributed by atoms with E-state index in [1.165, 1.54) is 31.5 Å². The summed E-state index contributed by atoms with van der Waals surface area (Å²) in [7, 11) is 1.21. The van der Waals surface area contributed by atoms with E-state index in [4.69, 9.17) is 0 Å². The minimum absolute atomic E-state index is 0.0393. The highest BCUT2D eigenvalue weighted by Crippen LogP contribution is 2.38. The number of carboxylic acid groups (broad SMARTS) is 1. The monoisotopic (exact) mass is 392 g/mol. The molecule has 1 aliphatic rings. The third-order valence-corrected chi connectivity index (χ3v) is 5.71. The smallest absolute Gasteiger partial charge is 0.340 e. The highest BCUT2D eigenvalue weighted by atomic mass is 32.2. The Labute approximate surface area is 155 Å². The van der Waals surface area contributed by atoms with Crippen LogP contribution in [0.15, 0.2) is 34.8 Å². The molecule has 1 fully saturated rings. The molecule has 8 nitrogen and oxygen atoms in total. The van der Waals surface area contributed by atoms with Crippen LogP contribution in [-0.4, -0.2) is 46.2 Å². The summed E-state index contributed by atoms with van der Waals surface area (Å²) in [5.74, 6) is -2.79. The summed E-state index contributed by atoms with van der Waals surface area (Å²) < 4.78 is 4.67. The van der Waals surface area contributed by atoms with Crippen molar-refractivity contribution in [1.82, 2.24) is 4.98 Å². The number of rotatable bonds is 5. The summed E-state index contributed by atoms with van der Waals surface area (Å²) >= 11 is 2.00. The molecule has 1 N–H and O–H groups in total. The molecule has 2 aromatic heterocycles. The van der Waals surface area contributed by atoms with Gasteiger partial charge in [0.05, 0.1) is 23.5 Å². The Morgan fingerprint density at radius 1 is 1.35 bits per heavy atom. The SMILES string of the molecule is COC(=O)c1ccsc1N1C(=O)C[C@@H](Sc2ncccc2C(=O)O)C1=O. The molecule has 2 amide bonds. The molecule has 0 spiro atoms. The summed E-state index contributed by atoms with van der Waals surface area (Å²) in [6.45, 7) is 0. The van der Waals surface area contributed by atoms with Crippen molar-refractivity contribution in [2.24, 2.45) is 0 Å². The van der Waals surface area contributed by atoms with Gasteiger partial charge < -0.3 is 9.84 Å². The fourth-order valence-corrected chi connectivity index (χ4v) is 4.45. The Hall–Kier alpha value is -2.72. The molecule has 3 rings (SSSR count). The Bertz CT molecular complexity index is 910. The highest BCUT2D eigenvalue weighted by Gasteiger charge is 2.43. The molecule has 2 aromatic rings. The van der Waals surface area contributed by atoms with Crippen LogP contribution in [0.25, 0.3) is 0 Å². The van der Waals surface area contributed by atoms with Gasteiger partial charge in [0.15, 0.2) is 0 Å². The van der Waals surface area contributed by atoms with E-state index in [-0.39, 0.29) is 27.6 Å². The van der Waals surface area contributed by atoms with Crippen molar-refractivity contribution in [1.29, 1.82) is 0 Å². The quantitative estimate of drug-likeness (QED) is 0.607. The number of nitrogens with zero attached hydrogens (tertiary/aromatic N) is 2. The van der Waals surface area contributed by atoms with Gasteiger partial charge in [-0.05, 0) is 23.6 Å². The third-order valence-electron chi connectivity index (χ3n) is 3.61. The van der Waals surface area contributed by atoms with E-state index < -0.39 is 29.0 Å². The lowest BCUT2D eigenvalue weighted by Gasteiger charge is -2.14. The van der Waals surface area contributed by atoms with Gasteiger partial charge in [-0.1, -0.05) is 11.8 Å². The van der Waals surface area contributed by atoms with Gasteiger partial charge in [-0.25, -0.2) is 19.5 Å². The van der Waals surface area contributed by atoms with Gasteiger partial charge in [0, 0.05) is 12.6 Å². The molecule has 0 aliphatic carbocycles. The van der Waals surface area contributed by atoms with Gasteiger partial charge in [0.2, 0.25) is 11.8 Å². The number of aromatic carboxylic acids is 1. The number of thioether (sulfide) groups is 1. The van der Waals surface area contributed by atoms with Gasteiger partial charge >= 0.3 is 11.9 Å². The summed E-state index contributed by atoms with van der Waals surface area (Å²) in [6, 6.07) is 4.34. The maximum atomic E-state index is 12.7. The number of ether oxygens (including phenoxy) is 1. The zero-order valence-electron chi connectivity index (χ0n) is 13.4. The number of carbonyl (C=O) groups excluding carboxylic acids is 3. The molecule has 0 radical (unpaired) electrons. The van der Waals surface area contributed by atoms with E-state index in [1.807, 2.05) is 0 Å². The molecule has 10 heteroatoms. The van der Waals surface area contributed by atoms with Crippen molar-refractivity contribution >= 4 is 51.9 Å². The molecular weight excluding hydrogens is 380 g/mol. The summed E-state index contributed by atoms with van der Waals surface area (Å²) in [4.78, 5) is 53.1. The molecule has 0 unspecified atom stereocenters. The number of aromatic nitrogens is 1. The molecule has 26 heavy (non-hydrogen) atoms. The van der Waals surface area contributed by atoms with Crippen LogP contribution in [0.1, 0.15) is 27.1 Å². The number of methoxy groups -OCH3 is 1. The van der Waals surface area contributed by atoms with Gasteiger partial charge in [0.1, 0.15) is 10.0 Å². The first-order valence-electron chi connectivity index (χ1n) is 7.31. The Kier molecular flexibility index (Phi) is 5.05. The van der Waals surface area contributed by atoms with Crippen molar-refractivity contribution in [2.75, 3.05) is 12.0 Å². The van der Waals surface area contributed by atoms with Gasteiger partial charge in [-0.3, -0.25) is 9.59 Å². The van der Waals surface area contributed by atoms with E-state index >= 15 is 0 Å². The average Bonchev–Trinajstić information content (AvgIpc) is 3.19. The minimum atomic E-state index is -1.17. The molecule has 3 heterocycles. The maximum absolute atomic E-state index is 12.7. The largest absolute Gasteiger partial charge is 0.478 e. The average molecular weight is 392 g/mol. The van der Waals surface area contributed by atoms with Crippen molar-refractivity contribution in [3.05, 3.63) is 40.9 Å². The third kappa shape index (κ3) is 3.20. The van der Waals surface area contributed by atoms with E-state index in [9.17, 15) is 24.3 Å². The molecular formula is C16H12N2O6S2. The van der Waals surface area contributed by atoms with Crippen LogP contribution in [0.5, 0.6) is 0 Å². The number of imide groups is 1. The zero-order chi connectivity index (χ0) is 18.8. The standard InChI is InChI=1S/C16H12N2O6S2/c1-24-16(23)9-4-6-25-14(9)18-11(19)7-10(13(18)20)26-12-8(15(21)22)3-2-5-17-12/h2-6,10H,7H2,1H3,(H,21,22)/t10-/m1/s1. The van der Waals surface area contributed by atoms with Crippen molar-refractivity contribution in [3.8, 4) is 0 Å². The molecule has 0 bridgehead atoms. The number of amides is 2. The van der Waals surface area contributed by atoms with Crippen LogP contribution < -0.4 is 4.90 Å². The molecule has 1 saturated heterocycles. The second kappa shape index (κ2) is 7.26. The van der Waals surface area contributed by atoms with E-state index in [1.54, 1.807) is 5.38 Å². The summed E-state index contributed by atoms with van der Waals surface area (Å²) in [6.07, 6.45) is 1.31. The number of hydrogen-bond donors (Lipinski definition) is 1. The maximum Gasteiger partial charge on any atom is 0.340 e. The summed E-state index contributed by atoms with van der Waals surface area (Å²) in [5, 5.41) is 10.4. The van der Waals surface area contributed by atoms with Crippen LogP contribution in [-0.2, 0) is 14.3 Å². The van der Waals surface area contributed by atoms with Crippen molar-refractivity contribution in [3.63, 3.8) is 0 Å². The first kappa shape index (κ1) is 18.1. The number of carbonyl (C=O) groups is 4. The minimum Gasteiger partial charge on any atom is -0.478 e. The van der Waals surface area contributed by atoms with Gasteiger partial charge in [-0.15, -0.1) is 11.3 Å². The van der Waals surface area contributed by atoms with Crippen LogP contribution in [0.2, 0.25) is 0 Å². The number of esters is 1. The van der Waals surface area contributed by atoms with E-state index in [2.05, 4.69) is 9.72 Å². The van der Waals surface area contributed by atoms with E-state index in [0.29, 0.717) is 0 Å². The Balaban J connectivity index is 1.88. The second-order valence-corrected chi connectivity index (χ2v) is 7.26. The summed E-state index contributed by atoms with van der Waals surface area (Å²) in [5.41, 5.74) is 0.0940. The van der Waals surface area contributed by atoms with Gasteiger partial charge in [-0.2, -0.15) is 0 Å². The fourth-order valence-electron chi connectivity index (χ4n) is 2.43. The Morgan fingerprint density at radius 3 is 2.81 bits per heavy atom. The van der Waals surface area contributed by atoms with Crippen LogP contribution >= 0.6 is 23.1 Å². The molecule has 1 atom stereocenters. The molecule has 1 aliphatic heterocycles. The topological polar surface area (TPSA) is 114 Å². The zero-order valence-corrected chi connectivity index (χ0v) is 15.0. The van der Waals surface area contributed by atoms with Crippen molar-refractivity contribution in [2.45, 2.75) is 16.7 Å². The van der Waals surface area contributed by atoms with Crippen LogP contribution in [0.3, 0.4) is 0 Å². The molecule has 0 saturated carbocycles. The molecule has 134 valence electrons. The Morgan fingerprint density at radius 2 is 2.12 bits per heavy atom. The number of hydrogen-bond acceptors (Lipinski definition) is 8. The number of anilines is 1. The van der Waals surface area contributed by atoms with E-state index in [0.717, 1.165) is 28.0 Å². The number of thiophene rings is 1. The number of carboxylic acids is 1. The number of pyridine rings is 1. The van der Waals surface area contributed by atoms with Crippen LogP contribution in [0, 0.1) is 0 Å². The lowest BCUT2D eigenvalue weighted by molar-refractivity contribution is -0.121. The lowest BCUT2D eigenvalue weighted by atomic mass is 10.3. The highest BCUT2D eigenvalue weighted by molar-refractivity contribution is 8.00. The van der Waals surface area contributed by atoms with Gasteiger partial charge in [0.25, 0.3) is 0 Å². The van der Waals surface area contributed by atoms with Crippen molar-refractivity contribution < 1.29 is 29.0 Å². The second-order valence-electron chi connectivity index (χ2n) is 5.17. The first-order chi connectivity index (χ1) is 12.4. The normalized spacial score (nSPS) is 16.8. The predicted octanol–water partition coefficient (Wildman–Crippen LogP) is 2.05. The van der Waals surface area contributed by atoms with Crippen LogP contribution in [0.4, 0.5) is 5.00 Å². The fraction of sp³-hybridized carbons (Fsp3) is 0.188.